The smallest absolute Gasteiger partial charge is 0.314 e. The average molecular weight is 271 g/mol. The van der Waals surface area contributed by atoms with Gasteiger partial charge in [-0.1, -0.05) is 20.8 Å². The van der Waals surface area contributed by atoms with Crippen molar-refractivity contribution in [2.45, 2.75) is 40.0 Å². The summed E-state index contributed by atoms with van der Waals surface area (Å²) in [5, 5.41) is 0. The molecule has 0 unspecified atom stereocenters. The first kappa shape index (κ1) is 13.9. The van der Waals surface area contributed by atoms with Gasteiger partial charge < -0.3 is 24.0 Å². The lowest BCUT2D eigenvalue weighted by molar-refractivity contribution is -0.320. The number of hydrogen-bond donors (Lipinski definition) is 1. The van der Waals surface area contributed by atoms with Crippen LogP contribution in [0.25, 0.3) is 0 Å². The predicted octanol–water partition coefficient (Wildman–Crippen LogP) is -2.02. The molecule has 11 heavy (non-hydrogen) atoms. The first-order valence-corrected chi connectivity index (χ1v) is 3.99. The second-order valence-corrected chi connectivity index (χ2v) is 2.76. The summed E-state index contributed by atoms with van der Waals surface area (Å²) in [5.41, 5.74) is 3.36. The Labute approximate surface area is 85.9 Å². The standard InChI is InChI=1S/C8H17NO.HI/c1-4-8(5-2,6-3)7(9)10;/h4-6H2,1-3H3,(H2,9,10);1H. The van der Waals surface area contributed by atoms with E-state index in [2.05, 4.69) is 26.5 Å². The Balaban J connectivity index is 0. The summed E-state index contributed by atoms with van der Waals surface area (Å²) < 4.78 is 0. The van der Waals surface area contributed by atoms with Crippen LogP contribution in [0, 0.1) is 5.41 Å². The molecule has 3 heteroatoms. The molecular weight excluding hydrogens is 253 g/mol. The molecule has 1 amide bonds. The van der Waals surface area contributed by atoms with Crippen LogP contribution in [-0.4, -0.2) is 5.91 Å². The molecule has 0 bridgehead atoms. The molecule has 0 radical (unpaired) electrons. The Morgan fingerprint density at radius 1 is 1.18 bits per heavy atom. The monoisotopic (exact) mass is 271 g/mol. The zero-order valence-electron chi connectivity index (χ0n) is 7.61. The fraction of sp³-hybridized carbons (Fsp3) is 0.875. The van der Waals surface area contributed by atoms with Crippen LogP contribution < -0.4 is 29.7 Å². The molecule has 0 rings (SSSR count). The number of hydrogen-bond acceptors (Lipinski definition) is 1. The van der Waals surface area contributed by atoms with Gasteiger partial charge in [-0.2, -0.15) is 0 Å². The Kier molecular flexibility index (Phi) is 7.52. The lowest BCUT2D eigenvalue weighted by Gasteiger charge is -2.22. The third-order valence-corrected chi connectivity index (χ3v) is 2.62. The second-order valence-electron chi connectivity index (χ2n) is 2.76. The van der Waals surface area contributed by atoms with Crippen molar-refractivity contribution >= 4 is 5.91 Å². The zero-order chi connectivity index (χ0) is 8.20. The van der Waals surface area contributed by atoms with Crippen LogP contribution in [0.15, 0.2) is 0 Å². The summed E-state index contributed by atoms with van der Waals surface area (Å²) in [6, 6.07) is 0. The predicted molar refractivity (Wildman–Crippen MR) is 41.2 cm³/mol. The first-order chi connectivity index (χ1) is 4.63. The molecule has 0 aromatic rings. The third kappa shape index (κ3) is 3.07. The van der Waals surface area contributed by atoms with Gasteiger partial charge in [0, 0.05) is 0 Å². The highest BCUT2D eigenvalue weighted by Crippen LogP contribution is 2.28. The number of amides is 1. The van der Waals surface area contributed by atoms with Gasteiger partial charge in [0.2, 0.25) is 0 Å². The second kappa shape index (κ2) is 5.94. The van der Waals surface area contributed by atoms with Gasteiger partial charge >= 0.3 is 5.91 Å². The molecule has 0 aromatic carbocycles. The summed E-state index contributed by atoms with van der Waals surface area (Å²) in [5.74, 6) is 0.0972. The summed E-state index contributed by atoms with van der Waals surface area (Å²) in [6.07, 6.45) is 2.76. The molecule has 0 aliphatic heterocycles. The quantitative estimate of drug-likeness (QED) is 0.589. The largest absolute Gasteiger partial charge is 1.00 e. The van der Waals surface area contributed by atoms with Crippen molar-refractivity contribution in [2.75, 3.05) is 0 Å². The number of rotatable bonds is 4. The first-order valence-electron chi connectivity index (χ1n) is 3.99. The van der Waals surface area contributed by atoms with Crippen LogP contribution in [0.3, 0.4) is 0 Å². The van der Waals surface area contributed by atoms with Crippen LogP contribution >= 0.6 is 0 Å². The highest BCUT2D eigenvalue weighted by molar-refractivity contribution is 5.72. The number of quaternary nitrogens is 1. The van der Waals surface area contributed by atoms with E-state index in [-0.39, 0.29) is 35.3 Å². The van der Waals surface area contributed by atoms with Crippen molar-refractivity contribution in [3.63, 3.8) is 0 Å². The molecule has 0 saturated heterocycles. The van der Waals surface area contributed by atoms with Crippen molar-refractivity contribution in [2.24, 2.45) is 5.41 Å². The molecule has 2 nitrogen and oxygen atoms in total. The minimum atomic E-state index is -0.125. The molecule has 0 aliphatic rings. The fourth-order valence-electron chi connectivity index (χ4n) is 1.34. The summed E-state index contributed by atoms with van der Waals surface area (Å²) in [4.78, 5) is 11.0. The minimum Gasteiger partial charge on any atom is -1.00 e. The molecule has 0 heterocycles. The van der Waals surface area contributed by atoms with Gasteiger partial charge in [0.25, 0.3) is 0 Å². The van der Waals surface area contributed by atoms with Crippen molar-refractivity contribution in [1.29, 1.82) is 0 Å². The van der Waals surface area contributed by atoms with Gasteiger partial charge in [-0.3, -0.25) is 5.73 Å². The zero-order valence-corrected chi connectivity index (χ0v) is 9.77. The number of carbonyl (C=O) groups excluding carboxylic acids is 1. The van der Waals surface area contributed by atoms with E-state index in [4.69, 9.17) is 0 Å². The maximum Gasteiger partial charge on any atom is 0.314 e. The van der Waals surface area contributed by atoms with E-state index in [0.717, 1.165) is 19.3 Å². The summed E-state index contributed by atoms with van der Waals surface area (Å²) in [7, 11) is 0. The molecule has 3 N–H and O–H groups in total. The molecule has 0 saturated carbocycles. The lowest BCUT2D eigenvalue weighted by Crippen LogP contribution is -3.00. The van der Waals surface area contributed by atoms with E-state index in [1.54, 1.807) is 0 Å². The van der Waals surface area contributed by atoms with Crippen LogP contribution in [0.4, 0.5) is 0 Å². The van der Waals surface area contributed by atoms with Crippen LogP contribution in [0.2, 0.25) is 0 Å². The Morgan fingerprint density at radius 3 is 1.45 bits per heavy atom. The Hall–Kier alpha value is 0.360. The van der Waals surface area contributed by atoms with Gasteiger partial charge in [-0.15, -0.1) is 0 Å². The average Bonchev–Trinajstić information content (AvgIpc) is 1.92. The maximum atomic E-state index is 11.0. The van der Waals surface area contributed by atoms with Gasteiger partial charge in [-0.05, 0) is 19.3 Å². The molecule has 0 fully saturated rings. The van der Waals surface area contributed by atoms with Gasteiger partial charge in [0.15, 0.2) is 0 Å². The number of carbonyl (C=O) groups is 1. The molecule has 0 aliphatic carbocycles. The molecular formula is C8H18INO. The SMILES string of the molecule is CCC(CC)(CC)C([NH3+])=O.[I-]. The highest BCUT2D eigenvalue weighted by atomic mass is 127. The lowest BCUT2D eigenvalue weighted by atomic mass is 9.79. The van der Waals surface area contributed by atoms with Crippen molar-refractivity contribution in [3.05, 3.63) is 0 Å². The van der Waals surface area contributed by atoms with E-state index < -0.39 is 0 Å². The van der Waals surface area contributed by atoms with Crippen LogP contribution in [0.1, 0.15) is 40.0 Å². The normalized spacial score (nSPS) is 10.5. The summed E-state index contributed by atoms with van der Waals surface area (Å²) in [6.45, 7) is 6.16. The summed E-state index contributed by atoms with van der Waals surface area (Å²) >= 11 is 0. The van der Waals surface area contributed by atoms with Crippen molar-refractivity contribution < 1.29 is 34.5 Å². The van der Waals surface area contributed by atoms with Gasteiger partial charge in [-0.25, -0.2) is 4.79 Å². The minimum absolute atomic E-state index is 0. The molecule has 0 spiro atoms. The van der Waals surface area contributed by atoms with Gasteiger partial charge in [0.1, 0.15) is 0 Å². The van der Waals surface area contributed by atoms with E-state index in [9.17, 15) is 4.79 Å². The fourth-order valence-corrected chi connectivity index (χ4v) is 1.34. The Morgan fingerprint density at radius 2 is 1.45 bits per heavy atom. The molecule has 0 aromatic heterocycles. The topological polar surface area (TPSA) is 44.7 Å². The van der Waals surface area contributed by atoms with E-state index >= 15 is 0 Å². The van der Waals surface area contributed by atoms with Crippen molar-refractivity contribution in [3.8, 4) is 0 Å². The van der Waals surface area contributed by atoms with E-state index in [1.807, 2.05) is 0 Å². The third-order valence-electron chi connectivity index (χ3n) is 2.62. The van der Waals surface area contributed by atoms with Crippen molar-refractivity contribution in [1.82, 2.24) is 0 Å². The molecule has 68 valence electrons. The van der Waals surface area contributed by atoms with Crippen LogP contribution in [-0.2, 0) is 4.79 Å². The maximum absolute atomic E-state index is 11.0. The van der Waals surface area contributed by atoms with E-state index in [0.29, 0.717) is 0 Å². The Bertz CT molecular complexity index is 113. The van der Waals surface area contributed by atoms with E-state index in [1.165, 1.54) is 0 Å². The molecule has 0 atom stereocenters. The van der Waals surface area contributed by atoms with Crippen LogP contribution in [0.5, 0.6) is 0 Å². The number of halogens is 1. The van der Waals surface area contributed by atoms with Gasteiger partial charge in [0.05, 0.1) is 5.41 Å². The highest BCUT2D eigenvalue weighted by Gasteiger charge is 2.33.